The zero-order chi connectivity index (χ0) is 20.3. The van der Waals surface area contributed by atoms with E-state index in [1.807, 2.05) is 69.3 Å². The average Bonchev–Trinajstić information content (AvgIpc) is 2.58. The van der Waals surface area contributed by atoms with Crippen LogP contribution < -0.4 is 22.5 Å². The number of ether oxygens (including phenoxy) is 1. The highest BCUT2D eigenvalue weighted by Gasteiger charge is 2.15. The van der Waals surface area contributed by atoms with E-state index in [-0.39, 0.29) is 10.8 Å². The Morgan fingerprint density at radius 3 is 1.71 bits per heavy atom. The number of nitrogens with one attached hydrogen (secondary N) is 1. The van der Waals surface area contributed by atoms with Crippen LogP contribution in [0.25, 0.3) is 0 Å². The van der Waals surface area contributed by atoms with Gasteiger partial charge in [-0.3, -0.25) is 4.70 Å². The van der Waals surface area contributed by atoms with E-state index in [1.165, 1.54) is 5.56 Å². The molecule has 0 atom stereocenters. The second-order valence-corrected chi connectivity index (χ2v) is 7.20. The maximum absolute atomic E-state index is 11.3. The highest BCUT2D eigenvalue weighted by molar-refractivity contribution is 5.67. The minimum atomic E-state index is -0.453. The van der Waals surface area contributed by atoms with Crippen LogP contribution in [0.2, 0.25) is 0 Å². The molecule has 0 saturated heterocycles. The molecule has 0 spiro atoms. The quantitative estimate of drug-likeness (QED) is 0.583. The molecule has 0 fully saturated rings. The smallest absolute Gasteiger partial charge is 0.407 e. The fraction of sp³-hybridized carbons (Fsp3) is 0.381. The van der Waals surface area contributed by atoms with E-state index in [9.17, 15) is 4.79 Å². The summed E-state index contributed by atoms with van der Waals surface area (Å²) in [6.07, 6.45) is 1.31. The van der Waals surface area contributed by atoms with E-state index in [0.717, 1.165) is 29.8 Å². The summed E-state index contributed by atoms with van der Waals surface area (Å²) in [5.41, 5.74) is 19.9. The lowest BCUT2D eigenvalue weighted by molar-refractivity contribution is 0.0528. The van der Waals surface area contributed by atoms with E-state index < -0.39 is 5.60 Å². The molecule has 0 bridgehead atoms. The largest absolute Gasteiger partial charge is 0.444 e. The molecule has 0 aliphatic carbocycles. The third kappa shape index (κ3) is 11.7. The van der Waals surface area contributed by atoms with Gasteiger partial charge < -0.3 is 27.3 Å². The van der Waals surface area contributed by atoms with Gasteiger partial charge in [0.2, 0.25) is 0 Å². The van der Waals surface area contributed by atoms with Crippen LogP contribution in [0.1, 0.15) is 31.9 Å². The van der Waals surface area contributed by atoms with Crippen molar-refractivity contribution >= 4 is 17.5 Å². The summed E-state index contributed by atoms with van der Waals surface area (Å²) >= 11 is 0. The molecule has 0 heterocycles. The van der Waals surface area contributed by atoms with Crippen molar-refractivity contribution in [1.82, 2.24) is 5.32 Å². The molecule has 1 amide bonds. The predicted octanol–water partition coefficient (Wildman–Crippen LogP) is 3.26. The van der Waals surface area contributed by atoms with Crippen molar-refractivity contribution in [1.29, 1.82) is 0 Å². The maximum atomic E-state index is 11.3. The molecule has 2 aromatic rings. The van der Waals surface area contributed by atoms with Crippen molar-refractivity contribution < 1.29 is 14.2 Å². The van der Waals surface area contributed by atoms with Crippen LogP contribution in [-0.2, 0) is 17.6 Å². The molecule has 156 valence electrons. The predicted molar refractivity (Wildman–Crippen MR) is 115 cm³/mol. The minimum absolute atomic E-state index is 0. The zero-order valence-corrected chi connectivity index (χ0v) is 16.9. The van der Waals surface area contributed by atoms with Crippen LogP contribution in [0.5, 0.6) is 0 Å². The van der Waals surface area contributed by atoms with Crippen LogP contribution in [-0.4, -0.2) is 24.8 Å². The number of amides is 1. The van der Waals surface area contributed by atoms with E-state index in [4.69, 9.17) is 21.9 Å². The van der Waals surface area contributed by atoms with E-state index in [2.05, 4.69) is 5.32 Å². The lowest BCUT2D eigenvalue weighted by atomic mass is 10.1. The number of halogens is 1. The normalized spacial score (nSPS) is 10.1. The lowest BCUT2D eigenvalue weighted by Crippen LogP contribution is -2.33. The Hall–Kier alpha value is -2.80. The number of carbonyl (C=O) groups is 1. The summed E-state index contributed by atoms with van der Waals surface area (Å²) in [6.45, 7) is 6.77. The summed E-state index contributed by atoms with van der Waals surface area (Å²) in [7, 11) is 0. The number of carbonyl (C=O) groups excluding carboxylic acids is 1. The van der Waals surface area contributed by atoms with Gasteiger partial charge in [-0.25, -0.2) is 4.79 Å². The standard InChI is InChI=1S/C13H20N2O2.C8H12N2.FH/c1-13(2,3)17-12(16)15-9-8-10-4-6-11(14)7-5-10;9-6-5-7-1-3-8(10)4-2-7;/h4-7H,8-9,14H2,1-3H3,(H,15,16);1-4H,5-6,9-10H2;1H. The van der Waals surface area contributed by atoms with Crippen molar-refractivity contribution in [3.63, 3.8) is 0 Å². The highest BCUT2D eigenvalue weighted by Crippen LogP contribution is 2.08. The molecule has 0 aliphatic rings. The first-order valence-electron chi connectivity index (χ1n) is 9.05. The molecule has 0 radical (unpaired) electrons. The number of nitrogen functional groups attached to an aromatic ring is 2. The molecule has 2 aromatic carbocycles. The van der Waals surface area contributed by atoms with Gasteiger partial charge in [0, 0.05) is 17.9 Å². The van der Waals surface area contributed by atoms with Gasteiger partial charge in [0.15, 0.2) is 0 Å². The van der Waals surface area contributed by atoms with Gasteiger partial charge in [0.25, 0.3) is 0 Å². The summed E-state index contributed by atoms with van der Waals surface area (Å²) in [6, 6.07) is 15.4. The first kappa shape index (κ1) is 25.2. The molecule has 0 aromatic heterocycles. The molecule has 6 nitrogen and oxygen atoms in total. The number of anilines is 2. The van der Waals surface area contributed by atoms with Crippen LogP contribution in [0.3, 0.4) is 0 Å². The third-order valence-corrected chi connectivity index (χ3v) is 3.47. The Kier molecular flexibility index (Phi) is 11.3. The van der Waals surface area contributed by atoms with Gasteiger partial charge in [-0.15, -0.1) is 0 Å². The molecular weight excluding hydrogens is 359 g/mol. The summed E-state index contributed by atoms with van der Waals surface area (Å²) in [4.78, 5) is 11.3. The zero-order valence-electron chi connectivity index (χ0n) is 16.9. The maximum Gasteiger partial charge on any atom is 0.407 e. The lowest BCUT2D eigenvalue weighted by Gasteiger charge is -2.19. The molecule has 0 unspecified atom stereocenters. The fourth-order valence-electron chi connectivity index (χ4n) is 2.16. The topological polar surface area (TPSA) is 116 Å². The number of benzene rings is 2. The van der Waals surface area contributed by atoms with Gasteiger partial charge in [0.05, 0.1) is 0 Å². The van der Waals surface area contributed by atoms with Crippen molar-refractivity contribution in [3.8, 4) is 0 Å². The second kappa shape index (κ2) is 12.6. The Morgan fingerprint density at radius 2 is 1.32 bits per heavy atom. The molecule has 2 rings (SSSR count). The summed E-state index contributed by atoms with van der Waals surface area (Å²) < 4.78 is 5.12. The highest BCUT2D eigenvalue weighted by atomic mass is 19.0. The molecule has 28 heavy (non-hydrogen) atoms. The SMILES string of the molecule is CC(C)(C)OC(=O)NCCc1ccc(N)cc1.F.NCCc1ccc(N)cc1. The Bertz CT molecular complexity index is 683. The van der Waals surface area contributed by atoms with Crippen LogP contribution in [0.4, 0.5) is 20.9 Å². The summed E-state index contributed by atoms with van der Waals surface area (Å²) in [5, 5.41) is 2.71. The van der Waals surface area contributed by atoms with Crippen molar-refractivity contribution in [2.45, 2.75) is 39.2 Å². The van der Waals surface area contributed by atoms with E-state index in [0.29, 0.717) is 13.1 Å². The van der Waals surface area contributed by atoms with Gasteiger partial charge in [-0.2, -0.15) is 0 Å². The van der Waals surface area contributed by atoms with Gasteiger partial charge in [-0.1, -0.05) is 24.3 Å². The molecular formula is C21H33FN4O2. The first-order chi connectivity index (χ1) is 12.7. The number of nitrogens with two attached hydrogens (primary N) is 3. The van der Waals surface area contributed by atoms with E-state index in [1.54, 1.807) is 0 Å². The van der Waals surface area contributed by atoms with E-state index >= 15 is 0 Å². The average molecular weight is 393 g/mol. The Morgan fingerprint density at radius 1 is 0.893 bits per heavy atom. The third-order valence-electron chi connectivity index (χ3n) is 3.47. The van der Waals surface area contributed by atoms with Crippen molar-refractivity contribution in [2.75, 3.05) is 24.6 Å². The van der Waals surface area contributed by atoms with Crippen molar-refractivity contribution in [3.05, 3.63) is 59.7 Å². The van der Waals surface area contributed by atoms with Crippen molar-refractivity contribution in [2.24, 2.45) is 5.73 Å². The molecule has 0 aliphatic heterocycles. The van der Waals surface area contributed by atoms with Crippen LogP contribution in [0.15, 0.2) is 48.5 Å². The Labute approximate surface area is 166 Å². The molecule has 7 N–H and O–H groups in total. The Balaban J connectivity index is 0.000000567. The first-order valence-corrected chi connectivity index (χ1v) is 9.05. The van der Waals surface area contributed by atoms with Gasteiger partial charge in [0.1, 0.15) is 5.60 Å². The second-order valence-electron chi connectivity index (χ2n) is 7.20. The van der Waals surface area contributed by atoms with Gasteiger partial charge in [-0.05, 0) is 75.5 Å². The monoisotopic (exact) mass is 392 g/mol. The van der Waals surface area contributed by atoms with Crippen LogP contribution in [0, 0.1) is 0 Å². The van der Waals surface area contributed by atoms with Crippen LogP contribution >= 0.6 is 0 Å². The molecule has 7 heteroatoms. The summed E-state index contributed by atoms with van der Waals surface area (Å²) in [5.74, 6) is 0. The minimum Gasteiger partial charge on any atom is -0.444 e. The molecule has 0 saturated carbocycles. The number of alkyl carbamates (subject to hydrolysis) is 1. The number of rotatable bonds is 5. The fourth-order valence-corrected chi connectivity index (χ4v) is 2.16. The number of hydrogen-bond acceptors (Lipinski definition) is 5. The number of hydrogen-bond donors (Lipinski definition) is 4. The van der Waals surface area contributed by atoms with Gasteiger partial charge >= 0.3 is 6.09 Å².